The smallest absolute Gasteiger partial charge is 0.406 e. The number of hydrogen-bond donors (Lipinski definition) is 1. The molecule has 0 aliphatic carbocycles. The number of alkyl halides is 3. The Morgan fingerprint density at radius 1 is 1.19 bits per heavy atom. The lowest BCUT2D eigenvalue weighted by atomic mass is 10.2. The van der Waals surface area contributed by atoms with Crippen LogP contribution >= 0.6 is 11.6 Å². The van der Waals surface area contributed by atoms with Gasteiger partial charge in [-0.3, -0.25) is 0 Å². The number of halogens is 4. The molecule has 142 valence electrons. The predicted molar refractivity (Wildman–Crippen MR) is 94.2 cm³/mol. The number of ether oxygens (including phenoxy) is 1. The normalized spacial score (nSPS) is 11.4. The first-order valence-corrected chi connectivity index (χ1v) is 8.30. The highest BCUT2D eigenvalue weighted by Gasteiger charge is 2.30. The van der Waals surface area contributed by atoms with Crippen LogP contribution in [0.2, 0.25) is 5.02 Å². The van der Waals surface area contributed by atoms with Crippen molar-refractivity contribution in [2.75, 3.05) is 11.9 Å². The molecule has 0 fully saturated rings. The van der Waals surface area contributed by atoms with E-state index in [1.807, 2.05) is 0 Å². The third-order valence-electron chi connectivity index (χ3n) is 3.64. The van der Waals surface area contributed by atoms with Crippen molar-refractivity contribution in [2.24, 2.45) is 0 Å². The largest absolute Gasteiger partial charge is 0.573 e. The number of aromatic nitrogens is 4. The van der Waals surface area contributed by atoms with Crippen molar-refractivity contribution in [1.29, 1.82) is 0 Å². The van der Waals surface area contributed by atoms with Crippen LogP contribution in [0.25, 0.3) is 5.69 Å². The summed E-state index contributed by atoms with van der Waals surface area (Å²) in [7, 11) is 0. The van der Waals surface area contributed by atoms with Crippen molar-refractivity contribution < 1.29 is 17.9 Å². The van der Waals surface area contributed by atoms with Crippen LogP contribution in [-0.2, 0) is 6.42 Å². The zero-order valence-corrected chi connectivity index (χ0v) is 14.9. The van der Waals surface area contributed by atoms with E-state index in [2.05, 4.69) is 25.1 Å². The third-order valence-corrected chi connectivity index (χ3v) is 4.09. The Labute approximate surface area is 158 Å². The molecule has 1 N–H and O–H groups in total. The molecule has 0 saturated heterocycles. The van der Waals surface area contributed by atoms with E-state index in [0.29, 0.717) is 35.2 Å². The number of nitrogens with one attached hydrogen (secondary N) is 1. The van der Waals surface area contributed by atoms with Gasteiger partial charge in [-0.1, -0.05) is 11.6 Å². The van der Waals surface area contributed by atoms with Crippen LogP contribution in [0.3, 0.4) is 0 Å². The van der Waals surface area contributed by atoms with Crippen LogP contribution in [0.5, 0.6) is 5.75 Å². The van der Waals surface area contributed by atoms with Gasteiger partial charge < -0.3 is 10.1 Å². The molecule has 3 aromatic rings. The summed E-state index contributed by atoms with van der Waals surface area (Å²) >= 11 is 6.13. The zero-order chi connectivity index (χ0) is 19.4. The van der Waals surface area contributed by atoms with Crippen molar-refractivity contribution in [3.8, 4) is 11.4 Å². The molecule has 0 aliphatic rings. The maximum absolute atomic E-state index is 12.2. The number of rotatable bonds is 6. The minimum Gasteiger partial charge on any atom is -0.406 e. The monoisotopic (exact) mass is 397 g/mol. The molecule has 0 spiro atoms. The molecule has 0 atom stereocenters. The van der Waals surface area contributed by atoms with Crippen LogP contribution in [0.1, 0.15) is 11.3 Å². The molecule has 3 rings (SSSR count). The Morgan fingerprint density at radius 2 is 1.93 bits per heavy atom. The third kappa shape index (κ3) is 5.10. The highest BCUT2D eigenvalue weighted by Crippen LogP contribution is 2.24. The second-order valence-corrected chi connectivity index (χ2v) is 6.01. The lowest BCUT2D eigenvalue weighted by Crippen LogP contribution is -2.17. The van der Waals surface area contributed by atoms with Gasteiger partial charge in [0.1, 0.15) is 22.9 Å². The van der Waals surface area contributed by atoms with E-state index in [-0.39, 0.29) is 5.75 Å². The molecular formula is C17H15ClF3N5O. The van der Waals surface area contributed by atoms with Crippen molar-refractivity contribution >= 4 is 17.4 Å². The first-order valence-electron chi connectivity index (χ1n) is 7.92. The molecule has 27 heavy (non-hydrogen) atoms. The van der Waals surface area contributed by atoms with Crippen LogP contribution < -0.4 is 10.1 Å². The lowest BCUT2D eigenvalue weighted by Gasteiger charge is -2.09. The summed E-state index contributed by atoms with van der Waals surface area (Å²) in [6, 6.07) is 5.48. The van der Waals surface area contributed by atoms with Crippen LogP contribution in [0.15, 0.2) is 43.0 Å². The predicted octanol–water partition coefficient (Wildman–Crippen LogP) is 4.18. The standard InChI is InChI=1S/C17H15ClF3N5O/c1-11-15(18)16(24-10-23-11)22-7-6-12-8-25-26(9-12)13-2-4-14(5-3-13)27-17(19,20)21/h2-5,8-10H,6-7H2,1H3,(H,22,23,24). The van der Waals surface area contributed by atoms with Crippen LogP contribution in [0, 0.1) is 6.92 Å². The lowest BCUT2D eigenvalue weighted by molar-refractivity contribution is -0.274. The first kappa shape index (κ1) is 19.0. The van der Waals surface area contributed by atoms with E-state index < -0.39 is 6.36 Å². The molecule has 0 aliphatic heterocycles. The SMILES string of the molecule is Cc1ncnc(NCCc2cnn(-c3ccc(OC(F)(F)F)cc3)c2)c1Cl. The first-order chi connectivity index (χ1) is 12.8. The Morgan fingerprint density at radius 3 is 2.63 bits per heavy atom. The molecule has 10 heteroatoms. The Balaban J connectivity index is 1.59. The summed E-state index contributed by atoms with van der Waals surface area (Å²) in [6.07, 6.45) is 0.879. The number of anilines is 1. The van der Waals surface area contributed by atoms with Gasteiger partial charge in [0, 0.05) is 12.7 Å². The molecular weight excluding hydrogens is 383 g/mol. The molecule has 0 amide bonds. The number of aryl methyl sites for hydroxylation is 1. The Hall–Kier alpha value is -2.81. The van der Waals surface area contributed by atoms with Crippen molar-refractivity contribution in [1.82, 2.24) is 19.7 Å². The second-order valence-electron chi connectivity index (χ2n) is 5.63. The van der Waals surface area contributed by atoms with Gasteiger partial charge in [0.2, 0.25) is 0 Å². The highest BCUT2D eigenvalue weighted by molar-refractivity contribution is 6.33. The number of hydrogen-bond acceptors (Lipinski definition) is 5. The van der Waals surface area contributed by atoms with Gasteiger partial charge in [-0.25, -0.2) is 14.6 Å². The highest BCUT2D eigenvalue weighted by atomic mass is 35.5. The van der Waals surface area contributed by atoms with E-state index >= 15 is 0 Å². The van der Waals surface area contributed by atoms with Crippen LogP contribution in [-0.4, -0.2) is 32.7 Å². The average Bonchev–Trinajstić information content (AvgIpc) is 3.07. The van der Waals surface area contributed by atoms with E-state index in [9.17, 15) is 13.2 Å². The molecule has 0 unspecified atom stereocenters. The summed E-state index contributed by atoms with van der Waals surface area (Å²) in [4.78, 5) is 8.09. The summed E-state index contributed by atoms with van der Waals surface area (Å²) in [6.45, 7) is 2.38. The Bertz CT molecular complexity index is 912. The minimum absolute atomic E-state index is 0.278. The summed E-state index contributed by atoms with van der Waals surface area (Å²) in [5.74, 6) is 0.289. The average molecular weight is 398 g/mol. The fourth-order valence-electron chi connectivity index (χ4n) is 2.34. The van der Waals surface area contributed by atoms with Gasteiger partial charge in [-0.05, 0) is 43.2 Å². The van der Waals surface area contributed by atoms with Crippen molar-refractivity contribution in [2.45, 2.75) is 19.7 Å². The van der Waals surface area contributed by atoms with Gasteiger partial charge in [0.05, 0.1) is 17.6 Å². The van der Waals surface area contributed by atoms with Crippen molar-refractivity contribution in [3.63, 3.8) is 0 Å². The molecule has 6 nitrogen and oxygen atoms in total. The summed E-state index contributed by atoms with van der Waals surface area (Å²) in [5, 5.41) is 7.84. The Kier molecular flexibility index (Phi) is 5.50. The van der Waals surface area contributed by atoms with E-state index in [1.165, 1.54) is 30.6 Å². The van der Waals surface area contributed by atoms with Crippen LogP contribution in [0.4, 0.5) is 19.0 Å². The maximum Gasteiger partial charge on any atom is 0.573 e. The van der Waals surface area contributed by atoms with Crippen molar-refractivity contribution in [3.05, 3.63) is 59.3 Å². The van der Waals surface area contributed by atoms with E-state index in [0.717, 1.165) is 5.56 Å². The number of nitrogens with zero attached hydrogens (tertiary/aromatic N) is 4. The molecule has 2 heterocycles. The van der Waals surface area contributed by atoms with Gasteiger partial charge in [-0.15, -0.1) is 13.2 Å². The van der Waals surface area contributed by atoms with E-state index in [1.54, 1.807) is 24.0 Å². The topological polar surface area (TPSA) is 64.9 Å². The molecule has 1 aromatic carbocycles. The van der Waals surface area contributed by atoms with Gasteiger partial charge in [0.15, 0.2) is 0 Å². The van der Waals surface area contributed by atoms with Gasteiger partial charge in [-0.2, -0.15) is 5.10 Å². The molecule has 2 aromatic heterocycles. The second kappa shape index (κ2) is 7.83. The summed E-state index contributed by atoms with van der Waals surface area (Å²) in [5.41, 5.74) is 2.26. The molecule has 0 bridgehead atoms. The zero-order valence-electron chi connectivity index (χ0n) is 14.2. The van der Waals surface area contributed by atoms with Gasteiger partial charge in [0.25, 0.3) is 0 Å². The molecule has 0 saturated carbocycles. The fraction of sp³-hybridized carbons (Fsp3) is 0.235. The quantitative estimate of drug-likeness (QED) is 0.676. The number of benzene rings is 1. The fourth-order valence-corrected chi connectivity index (χ4v) is 2.50. The van der Waals surface area contributed by atoms with Gasteiger partial charge >= 0.3 is 6.36 Å². The van der Waals surface area contributed by atoms with E-state index in [4.69, 9.17) is 11.6 Å². The summed E-state index contributed by atoms with van der Waals surface area (Å²) < 4.78 is 42.0. The minimum atomic E-state index is -4.71. The maximum atomic E-state index is 12.2. The molecule has 0 radical (unpaired) electrons.